The van der Waals surface area contributed by atoms with Crippen molar-refractivity contribution in [2.24, 2.45) is 0 Å². The molecular formula is C20H26N2O. The number of hydrogen-bond acceptors (Lipinski definition) is 2. The highest BCUT2D eigenvalue weighted by Gasteiger charge is 2.14. The predicted octanol–water partition coefficient (Wildman–Crippen LogP) is 4.71. The quantitative estimate of drug-likeness (QED) is 0.867. The van der Waals surface area contributed by atoms with Gasteiger partial charge in [0.1, 0.15) is 0 Å². The van der Waals surface area contributed by atoms with E-state index in [2.05, 4.69) is 42.3 Å². The van der Waals surface area contributed by atoms with Gasteiger partial charge < -0.3 is 10.2 Å². The summed E-state index contributed by atoms with van der Waals surface area (Å²) in [6.07, 6.45) is 0. The first-order chi connectivity index (χ1) is 11.0. The number of nitrogens with one attached hydrogen (secondary N) is 1. The predicted molar refractivity (Wildman–Crippen MR) is 98.6 cm³/mol. The average Bonchev–Trinajstić information content (AvgIpc) is 2.51. The zero-order valence-electron chi connectivity index (χ0n) is 14.7. The van der Waals surface area contributed by atoms with Gasteiger partial charge in [0.25, 0.3) is 5.91 Å². The second-order valence-electron chi connectivity index (χ2n) is 5.89. The molecule has 0 spiro atoms. The van der Waals surface area contributed by atoms with Gasteiger partial charge in [0.05, 0.1) is 0 Å². The minimum atomic E-state index is -0.0413. The molecule has 0 aromatic heterocycles. The molecule has 0 aliphatic carbocycles. The van der Waals surface area contributed by atoms with Crippen molar-refractivity contribution in [1.82, 2.24) is 0 Å². The number of anilines is 2. The Balaban J connectivity index is 2.32. The molecule has 2 aromatic rings. The van der Waals surface area contributed by atoms with E-state index in [0.717, 1.165) is 46.7 Å². The Bertz CT molecular complexity index is 683. The van der Waals surface area contributed by atoms with Crippen LogP contribution in [0.15, 0.2) is 36.4 Å². The van der Waals surface area contributed by atoms with Crippen molar-refractivity contribution in [1.29, 1.82) is 0 Å². The van der Waals surface area contributed by atoms with Gasteiger partial charge in [0.2, 0.25) is 0 Å². The summed E-state index contributed by atoms with van der Waals surface area (Å²) in [5.41, 5.74) is 5.85. The van der Waals surface area contributed by atoms with Gasteiger partial charge in [-0.05, 0) is 63.4 Å². The molecule has 23 heavy (non-hydrogen) atoms. The molecule has 0 heterocycles. The topological polar surface area (TPSA) is 32.3 Å². The zero-order valence-corrected chi connectivity index (χ0v) is 14.7. The van der Waals surface area contributed by atoms with Crippen molar-refractivity contribution >= 4 is 17.3 Å². The van der Waals surface area contributed by atoms with Crippen LogP contribution in [0, 0.1) is 20.8 Å². The average molecular weight is 310 g/mol. The Kier molecular flexibility index (Phi) is 5.43. The van der Waals surface area contributed by atoms with Crippen LogP contribution < -0.4 is 10.2 Å². The lowest BCUT2D eigenvalue weighted by atomic mass is 10.0. The highest BCUT2D eigenvalue weighted by molar-refractivity contribution is 6.06. The van der Waals surface area contributed by atoms with Crippen LogP contribution >= 0.6 is 0 Å². The number of benzene rings is 2. The summed E-state index contributed by atoms with van der Waals surface area (Å²) >= 11 is 0. The Morgan fingerprint density at radius 3 is 2.13 bits per heavy atom. The van der Waals surface area contributed by atoms with Crippen LogP contribution in [0.2, 0.25) is 0 Å². The minimum Gasteiger partial charge on any atom is -0.372 e. The molecule has 3 heteroatoms. The molecule has 1 amide bonds. The molecule has 0 atom stereocenters. The van der Waals surface area contributed by atoms with Gasteiger partial charge in [-0.1, -0.05) is 24.3 Å². The van der Waals surface area contributed by atoms with Crippen molar-refractivity contribution in [3.63, 3.8) is 0 Å². The second-order valence-corrected chi connectivity index (χ2v) is 5.89. The summed E-state index contributed by atoms with van der Waals surface area (Å²) in [5.74, 6) is -0.0413. The molecule has 1 N–H and O–H groups in total. The molecule has 0 bridgehead atoms. The van der Waals surface area contributed by atoms with E-state index in [9.17, 15) is 4.79 Å². The summed E-state index contributed by atoms with van der Waals surface area (Å²) < 4.78 is 0. The number of nitrogens with zero attached hydrogens (tertiary/aromatic N) is 1. The van der Waals surface area contributed by atoms with Crippen LogP contribution in [0.5, 0.6) is 0 Å². The number of carbonyl (C=O) groups is 1. The van der Waals surface area contributed by atoms with Gasteiger partial charge in [0, 0.05) is 30.0 Å². The molecule has 0 radical (unpaired) electrons. The van der Waals surface area contributed by atoms with Gasteiger partial charge in [-0.3, -0.25) is 4.79 Å². The Hall–Kier alpha value is -2.29. The van der Waals surface area contributed by atoms with E-state index in [0.29, 0.717) is 0 Å². The normalized spacial score (nSPS) is 10.5. The van der Waals surface area contributed by atoms with E-state index in [1.165, 1.54) is 0 Å². The van der Waals surface area contributed by atoms with Gasteiger partial charge in [0.15, 0.2) is 0 Å². The molecule has 2 aromatic carbocycles. The minimum absolute atomic E-state index is 0.0413. The highest BCUT2D eigenvalue weighted by Crippen LogP contribution is 2.24. The second kappa shape index (κ2) is 7.32. The van der Waals surface area contributed by atoms with Crippen molar-refractivity contribution in [3.05, 3.63) is 58.7 Å². The summed E-state index contributed by atoms with van der Waals surface area (Å²) in [6.45, 7) is 12.1. The molecule has 3 nitrogen and oxygen atoms in total. The Morgan fingerprint density at radius 1 is 0.957 bits per heavy atom. The first-order valence-electron chi connectivity index (χ1n) is 8.21. The van der Waals surface area contributed by atoms with E-state index in [-0.39, 0.29) is 5.91 Å². The largest absolute Gasteiger partial charge is 0.372 e. The molecule has 0 saturated heterocycles. The molecular weight excluding hydrogens is 284 g/mol. The fourth-order valence-corrected chi connectivity index (χ4v) is 2.89. The fraction of sp³-hybridized carbons (Fsp3) is 0.350. The van der Waals surface area contributed by atoms with E-state index in [4.69, 9.17) is 0 Å². The number of amides is 1. The Labute approximate surface area is 139 Å². The van der Waals surface area contributed by atoms with Crippen LogP contribution in [0.25, 0.3) is 0 Å². The lowest BCUT2D eigenvalue weighted by Gasteiger charge is -2.22. The number of rotatable bonds is 5. The van der Waals surface area contributed by atoms with Gasteiger partial charge in [-0.15, -0.1) is 0 Å². The van der Waals surface area contributed by atoms with Crippen LogP contribution in [-0.4, -0.2) is 19.0 Å². The molecule has 0 aliphatic heterocycles. The van der Waals surface area contributed by atoms with E-state index < -0.39 is 0 Å². The lowest BCUT2D eigenvalue weighted by Crippen LogP contribution is -2.22. The molecule has 122 valence electrons. The van der Waals surface area contributed by atoms with Crippen LogP contribution in [-0.2, 0) is 0 Å². The van der Waals surface area contributed by atoms with Gasteiger partial charge in [-0.25, -0.2) is 0 Å². The number of hydrogen-bond donors (Lipinski definition) is 1. The van der Waals surface area contributed by atoms with Crippen LogP contribution in [0.1, 0.15) is 40.9 Å². The first-order valence-corrected chi connectivity index (χ1v) is 8.21. The number of aryl methyl sites for hydroxylation is 3. The SMILES string of the molecule is CCN(CC)c1ccc(C)c(NC(=O)c2c(C)cccc2C)c1. The Morgan fingerprint density at radius 2 is 1.57 bits per heavy atom. The monoisotopic (exact) mass is 310 g/mol. The molecule has 2 rings (SSSR count). The summed E-state index contributed by atoms with van der Waals surface area (Å²) in [6, 6.07) is 12.2. The van der Waals surface area contributed by atoms with E-state index in [1.807, 2.05) is 39.0 Å². The van der Waals surface area contributed by atoms with Crippen molar-refractivity contribution < 1.29 is 4.79 Å². The molecule has 0 saturated carbocycles. The standard InChI is InChI=1S/C20H26N2O/c1-6-22(7-2)17-12-11-14(3)18(13-17)21-20(23)19-15(4)9-8-10-16(19)5/h8-13H,6-7H2,1-5H3,(H,21,23). The van der Waals surface area contributed by atoms with Crippen molar-refractivity contribution in [3.8, 4) is 0 Å². The van der Waals surface area contributed by atoms with Crippen molar-refractivity contribution in [2.75, 3.05) is 23.3 Å². The third kappa shape index (κ3) is 3.73. The maximum atomic E-state index is 12.7. The fourth-order valence-electron chi connectivity index (χ4n) is 2.89. The highest BCUT2D eigenvalue weighted by atomic mass is 16.1. The van der Waals surface area contributed by atoms with Crippen LogP contribution in [0.3, 0.4) is 0 Å². The molecule has 0 aliphatic rings. The van der Waals surface area contributed by atoms with Gasteiger partial charge >= 0.3 is 0 Å². The maximum absolute atomic E-state index is 12.7. The lowest BCUT2D eigenvalue weighted by molar-refractivity contribution is 0.102. The molecule has 0 unspecified atom stereocenters. The zero-order chi connectivity index (χ0) is 17.0. The summed E-state index contributed by atoms with van der Waals surface area (Å²) in [4.78, 5) is 15.0. The first kappa shape index (κ1) is 17.1. The van der Waals surface area contributed by atoms with E-state index >= 15 is 0 Å². The third-order valence-corrected chi connectivity index (χ3v) is 4.31. The van der Waals surface area contributed by atoms with E-state index in [1.54, 1.807) is 0 Å². The van der Waals surface area contributed by atoms with Crippen molar-refractivity contribution in [2.45, 2.75) is 34.6 Å². The van der Waals surface area contributed by atoms with Crippen LogP contribution in [0.4, 0.5) is 11.4 Å². The number of carbonyl (C=O) groups excluding carboxylic acids is 1. The smallest absolute Gasteiger partial charge is 0.256 e. The van der Waals surface area contributed by atoms with Gasteiger partial charge in [-0.2, -0.15) is 0 Å². The summed E-state index contributed by atoms with van der Waals surface area (Å²) in [7, 11) is 0. The third-order valence-electron chi connectivity index (χ3n) is 4.31. The maximum Gasteiger partial charge on any atom is 0.256 e. The summed E-state index contributed by atoms with van der Waals surface area (Å²) in [5, 5.41) is 3.09. The molecule has 0 fully saturated rings.